The number of carbonyl (C=O) groups excluding carboxylic acids is 1. The zero-order chi connectivity index (χ0) is 21.1. The number of nitrogens with one attached hydrogen (secondary N) is 1. The van der Waals surface area contributed by atoms with E-state index in [2.05, 4.69) is 15.3 Å². The van der Waals surface area contributed by atoms with Crippen LogP contribution in [0.5, 0.6) is 11.5 Å². The molecule has 1 N–H and O–H groups in total. The van der Waals surface area contributed by atoms with Crippen LogP contribution in [0.3, 0.4) is 0 Å². The zero-order valence-corrected chi connectivity index (χ0v) is 17.8. The molecular weight excluding hydrogens is 400 g/mol. The van der Waals surface area contributed by atoms with Gasteiger partial charge in [-0.15, -0.1) is 11.3 Å². The van der Waals surface area contributed by atoms with Crippen LogP contribution in [0.15, 0.2) is 53.4 Å². The van der Waals surface area contributed by atoms with E-state index in [-0.39, 0.29) is 18.5 Å². The molecule has 0 bridgehead atoms. The maximum absolute atomic E-state index is 13.0. The number of para-hydroxylation sites is 2. The molecule has 2 aromatic heterocycles. The average molecular weight is 423 g/mol. The summed E-state index contributed by atoms with van der Waals surface area (Å²) in [7, 11) is 3.22. The van der Waals surface area contributed by atoms with Crippen molar-refractivity contribution in [3.8, 4) is 23.0 Å². The molecule has 0 aliphatic carbocycles. The van der Waals surface area contributed by atoms with Crippen molar-refractivity contribution in [2.75, 3.05) is 14.2 Å². The molecule has 0 saturated heterocycles. The van der Waals surface area contributed by atoms with Crippen LogP contribution in [0.4, 0.5) is 0 Å². The standard InChI is InChI=1S/C22H22N4O3S/c1-14(16-10-15(28-2)8-9-20(16)29-3)24-21(27)11-26-19-7-5-4-6-17(19)25-22(26)18-12-30-13-23-18/h4-10,12-14H,11H2,1-3H3,(H,24,27). The largest absolute Gasteiger partial charge is 0.497 e. The fraction of sp³-hybridized carbons (Fsp3) is 0.227. The van der Waals surface area contributed by atoms with Crippen LogP contribution in [0.1, 0.15) is 18.5 Å². The Hall–Kier alpha value is -3.39. The van der Waals surface area contributed by atoms with Gasteiger partial charge >= 0.3 is 0 Å². The Bertz CT molecular complexity index is 1170. The van der Waals surface area contributed by atoms with Crippen LogP contribution in [-0.2, 0) is 11.3 Å². The second-order valence-electron chi connectivity index (χ2n) is 6.78. The summed E-state index contributed by atoms with van der Waals surface area (Å²) in [6, 6.07) is 13.0. The molecule has 2 heterocycles. The van der Waals surface area contributed by atoms with Crippen LogP contribution in [-0.4, -0.2) is 34.7 Å². The van der Waals surface area contributed by atoms with Gasteiger partial charge in [0.2, 0.25) is 5.91 Å². The van der Waals surface area contributed by atoms with Crippen molar-refractivity contribution >= 4 is 28.3 Å². The first-order valence-corrected chi connectivity index (χ1v) is 10.4. The van der Waals surface area contributed by atoms with Gasteiger partial charge in [-0.3, -0.25) is 4.79 Å². The number of rotatable bonds is 7. The van der Waals surface area contributed by atoms with Crippen molar-refractivity contribution in [2.24, 2.45) is 0 Å². The molecule has 4 aromatic rings. The summed E-state index contributed by atoms with van der Waals surface area (Å²) in [5, 5.41) is 4.99. The highest BCUT2D eigenvalue weighted by Crippen LogP contribution is 2.29. The summed E-state index contributed by atoms with van der Waals surface area (Å²) < 4.78 is 12.7. The average Bonchev–Trinajstić information content (AvgIpc) is 3.41. The van der Waals surface area contributed by atoms with Gasteiger partial charge in [0.05, 0.1) is 36.8 Å². The predicted molar refractivity (Wildman–Crippen MR) is 117 cm³/mol. The summed E-state index contributed by atoms with van der Waals surface area (Å²) in [6.07, 6.45) is 0. The molecule has 0 spiro atoms. The molecule has 2 aromatic carbocycles. The molecule has 0 aliphatic rings. The fourth-order valence-corrected chi connectivity index (χ4v) is 3.97. The molecule has 0 aliphatic heterocycles. The lowest BCUT2D eigenvalue weighted by atomic mass is 10.1. The Balaban J connectivity index is 1.61. The van der Waals surface area contributed by atoms with E-state index in [4.69, 9.17) is 9.47 Å². The number of hydrogen-bond acceptors (Lipinski definition) is 6. The van der Waals surface area contributed by atoms with Gasteiger partial charge in [-0.25, -0.2) is 9.97 Å². The van der Waals surface area contributed by atoms with Gasteiger partial charge in [0, 0.05) is 10.9 Å². The Labute approximate surface area is 178 Å². The zero-order valence-electron chi connectivity index (χ0n) is 17.0. The predicted octanol–water partition coefficient (Wildman–Crippen LogP) is 4.05. The van der Waals surface area contributed by atoms with Gasteiger partial charge in [0.25, 0.3) is 0 Å². The molecule has 4 rings (SSSR count). The van der Waals surface area contributed by atoms with Crippen molar-refractivity contribution in [3.63, 3.8) is 0 Å². The highest BCUT2D eigenvalue weighted by Gasteiger charge is 2.19. The topological polar surface area (TPSA) is 78.3 Å². The Morgan fingerprint density at radius 1 is 1.20 bits per heavy atom. The highest BCUT2D eigenvalue weighted by molar-refractivity contribution is 7.07. The van der Waals surface area contributed by atoms with Crippen LogP contribution >= 0.6 is 11.3 Å². The summed E-state index contributed by atoms with van der Waals surface area (Å²) in [5.41, 5.74) is 5.08. The number of thiazole rings is 1. The number of amides is 1. The molecule has 30 heavy (non-hydrogen) atoms. The van der Waals surface area contributed by atoms with Crippen LogP contribution in [0, 0.1) is 0 Å². The third-order valence-electron chi connectivity index (χ3n) is 4.90. The minimum absolute atomic E-state index is 0.129. The summed E-state index contributed by atoms with van der Waals surface area (Å²) in [6.45, 7) is 2.05. The van der Waals surface area contributed by atoms with Crippen molar-refractivity contribution in [1.82, 2.24) is 19.9 Å². The molecule has 1 atom stereocenters. The quantitative estimate of drug-likeness (QED) is 0.486. The highest BCUT2D eigenvalue weighted by atomic mass is 32.1. The summed E-state index contributed by atoms with van der Waals surface area (Å²) >= 11 is 1.50. The normalized spacial score (nSPS) is 12.0. The van der Waals surface area contributed by atoms with Crippen LogP contribution in [0.2, 0.25) is 0 Å². The van der Waals surface area contributed by atoms with E-state index in [0.29, 0.717) is 17.3 Å². The molecule has 0 saturated carbocycles. The summed E-state index contributed by atoms with van der Waals surface area (Å²) in [5.74, 6) is 1.95. The monoisotopic (exact) mass is 422 g/mol. The number of fused-ring (bicyclic) bond motifs is 1. The van der Waals surface area contributed by atoms with E-state index in [1.165, 1.54) is 11.3 Å². The molecule has 0 radical (unpaired) electrons. The van der Waals surface area contributed by atoms with Gasteiger partial charge in [0.15, 0.2) is 5.82 Å². The second-order valence-corrected chi connectivity index (χ2v) is 7.50. The van der Waals surface area contributed by atoms with E-state index in [0.717, 1.165) is 22.3 Å². The van der Waals surface area contributed by atoms with Crippen LogP contribution in [0.25, 0.3) is 22.6 Å². The van der Waals surface area contributed by atoms with E-state index in [1.807, 2.05) is 59.3 Å². The van der Waals surface area contributed by atoms with Gasteiger partial charge in [-0.05, 0) is 37.3 Å². The number of carbonyl (C=O) groups is 1. The lowest BCUT2D eigenvalue weighted by Crippen LogP contribution is -2.30. The fourth-order valence-electron chi connectivity index (χ4n) is 3.44. The molecule has 1 unspecified atom stereocenters. The number of methoxy groups -OCH3 is 2. The molecule has 7 nitrogen and oxygen atoms in total. The third-order valence-corrected chi connectivity index (χ3v) is 5.49. The minimum Gasteiger partial charge on any atom is -0.497 e. The van der Waals surface area contributed by atoms with Gasteiger partial charge < -0.3 is 19.4 Å². The van der Waals surface area contributed by atoms with Crippen molar-refractivity contribution < 1.29 is 14.3 Å². The van der Waals surface area contributed by atoms with Gasteiger partial charge in [-0.1, -0.05) is 12.1 Å². The van der Waals surface area contributed by atoms with Crippen molar-refractivity contribution in [3.05, 3.63) is 58.9 Å². The Kier molecular flexibility index (Phi) is 5.67. The lowest BCUT2D eigenvalue weighted by molar-refractivity contribution is -0.122. The first-order chi connectivity index (χ1) is 14.6. The van der Waals surface area contributed by atoms with E-state index in [9.17, 15) is 4.79 Å². The Morgan fingerprint density at radius 2 is 2.03 bits per heavy atom. The number of aromatic nitrogens is 3. The smallest absolute Gasteiger partial charge is 0.240 e. The lowest BCUT2D eigenvalue weighted by Gasteiger charge is -2.19. The first-order valence-electron chi connectivity index (χ1n) is 9.46. The first kappa shape index (κ1) is 19.9. The maximum atomic E-state index is 13.0. The van der Waals surface area contributed by atoms with E-state index < -0.39 is 0 Å². The van der Waals surface area contributed by atoms with Crippen LogP contribution < -0.4 is 14.8 Å². The SMILES string of the molecule is COc1ccc(OC)c(C(C)NC(=O)Cn2c(-c3cscn3)nc3ccccc32)c1. The number of imidazole rings is 1. The molecule has 8 heteroatoms. The second kappa shape index (κ2) is 8.54. The van der Waals surface area contributed by atoms with E-state index >= 15 is 0 Å². The van der Waals surface area contributed by atoms with E-state index in [1.54, 1.807) is 19.7 Å². The molecule has 1 amide bonds. The molecule has 154 valence electrons. The maximum Gasteiger partial charge on any atom is 0.240 e. The Morgan fingerprint density at radius 3 is 2.77 bits per heavy atom. The van der Waals surface area contributed by atoms with Gasteiger partial charge in [0.1, 0.15) is 23.7 Å². The number of hydrogen-bond donors (Lipinski definition) is 1. The molecular formula is C22H22N4O3S. The number of ether oxygens (including phenoxy) is 2. The molecule has 0 fully saturated rings. The van der Waals surface area contributed by atoms with Gasteiger partial charge in [-0.2, -0.15) is 0 Å². The van der Waals surface area contributed by atoms with Crippen molar-refractivity contribution in [2.45, 2.75) is 19.5 Å². The summed E-state index contributed by atoms with van der Waals surface area (Å²) in [4.78, 5) is 22.0. The third kappa shape index (κ3) is 3.86. The number of nitrogens with zero attached hydrogens (tertiary/aromatic N) is 3. The minimum atomic E-state index is -0.264. The number of benzene rings is 2. The van der Waals surface area contributed by atoms with Crippen molar-refractivity contribution in [1.29, 1.82) is 0 Å².